The number of ether oxygens (including phenoxy) is 2. The van der Waals surface area contributed by atoms with Crippen molar-refractivity contribution in [3.63, 3.8) is 0 Å². The van der Waals surface area contributed by atoms with Gasteiger partial charge in [0, 0.05) is 5.54 Å². The monoisotopic (exact) mass is 287 g/mol. The highest BCUT2D eigenvalue weighted by molar-refractivity contribution is 5.85. The summed E-state index contributed by atoms with van der Waals surface area (Å²) in [5.74, 6) is 1.33. The molecule has 0 bridgehead atoms. The zero-order valence-electron chi connectivity index (χ0n) is 12.9. The van der Waals surface area contributed by atoms with Gasteiger partial charge in [-0.1, -0.05) is 12.1 Å². The maximum absolute atomic E-state index is 11.7. The normalized spacial score (nSPS) is 11.2. The lowest BCUT2D eigenvalue weighted by atomic mass is 10.1. The Labute approximate surface area is 125 Å². The van der Waals surface area contributed by atoms with Gasteiger partial charge < -0.3 is 14.8 Å². The standard InChI is InChI=1S/C17H21NO3/c1-17(2,3)18-16(19)11-21-15-8-6-12-5-7-14(20-4)9-13(12)10-15/h5-10H,11H2,1-4H3,(H,18,19). The molecule has 0 fully saturated rings. The van der Waals surface area contributed by atoms with Gasteiger partial charge in [-0.15, -0.1) is 0 Å². The Balaban J connectivity index is 2.07. The molecule has 0 heterocycles. The van der Waals surface area contributed by atoms with Gasteiger partial charge in [0.15, 0.2) is 6.61 Å². The molecule has 0 aliphatic heterocycles. The minimum atomic E-state index is -0.253. The van der Waals surface area contributed by atoms with Crippen molar-refractivity contribution in [3.05, 3.63) is 36.4 Å². The van der Waals surface area contributed by atoms with E-state index in [2.05, 4.69) is 5.32 Å². The fourth-order valence-electron chi connectivity index (χ4n) is 2.02. The van der Waals surface area contributed by atoms with Crippen molar-refractivity contribution in [3.8, 4) is 11.5 Å². The van der Waals surface area contributed by atoms with Gasteiger partial charge in [0.1, 0.15) is 11.5 Å². The van der Waals surface area contributed by atoms with E-state index in [1.54, 1.807) is 7.11 Å². The van der Waals surface area contributed by atoms with Crippen LogP contribution >= 0.6 is 0 Å². The molecule has 2 aromatic rings. The van der Waals surface area contributed by atoms with E-state index >= 15 is 0 Å². The Morgan fingerprint density at radius 1 is 1.05 bits per heavy atom. The summed E-state index contributed by atoms with van der Waals surface area (Å²) in [4.78, 5) is 11.7. The van der Waals surface area contributed by atoms with Crippen LogP contribution in [0, 0.1) is 0 Å². The number of nitrogens with one attached hydrogen (secondary N) is 1. The molecule has 0 saturated heterocycles. The number of methoxy groups -OCH3 is 1. The number of fused-ring (bicyclic) bond motifs is 1. The van der Waals surface area contributed by atoms with Crippen molar-refractivity contribution in [2.24, 2.45) is 0 Å². The van der Waals surface area contributed by atoms with Crippen LogP contribution in [-0.2, 0) is 4.79 Å². The fourth-order valence-corrected chi connectivity index (χ4v) is 2.02. The summed E-state index contributed by atoms with van der Waals surface area (Å²) < 4.78 is 10.8. The zero-order chi connectivity index (χ0) is 15.5. The maximum Gasteiger partial charge on any atom is 0.258 e. The second-order valence-corrected chi connectivity index (χ2v) is 5.96. The Morgan fingerprint density at radius 2 is 1.67 bits per heavy atom. The number of hydrogen-bond donors (Lipinski definition) is 1. The molecule has 0 radical (unpaired) electrons. The van der Waals surface area contributed by atoms with E-state index in [0.29, 0.717) is 5.75 Å². The van der Waals surface area contributed by atoms with Gasteiger partial charge in [-0.2, -0.15) is 0 Å². The first-order valence-corrected chi connectivity index (χ1v) is 6.89. The number of hydrogen-bond acceptors (Lipinski definition) is 3. The maximum atomic E-state index is 11.7. The molecule has 2 rings (SSSR count). The molecule has 0 atom stereocenters. The van der Waals surface area contributed by atoms with Gasteiger partial charge >= 0.3 is 0 Å². The van der Waals surface area contributed by atoms with E-state index in [0.717, 1.165) is 16.5 Å². The van der Waals surface area contributed by atoms with E-state index in [-0.39, 0.29) is 18.1 Å². The van der Waals surface area contributed by atoms with Crippen LogP contribution < -0.4 is 14.8 Å². The van der Waals surface area contributed by atoms with Crippen molar-refractivity contribution >= 4 is 16.7 Å². The molecular weight excluding hydrogens is 266 g/mol. The second kappa shape index (κ2) is 6.04. The van der Waals surface area contributed by atoms with Crippen molar-refractivity contribution in [1.82, 2.24) is 5.32 Å². The number of carbonyl (C=O) groups excluding carboxylic acids is 1. The van der Waals surface area contributed by atoms with Crippen LogP contribution in [0.15, 0.2) is 36.4 Å². The van der Waals surface area contributed by atoms with E-state index in [1.807, 2.05) is 57.2 Å². The lowest BCUT2D eigenvalue weighted by molar-refractivity contribution is -0.124. The minimum absolute atomic E-state index is 0.00669. The first-order chi connectivity index (χ1) is 9.87. The van der Waals surface area contributed by atoms with Gasteiger partial charge in [0.2, 0.25) is 0 Å². The number of amides is 1. The van der Waals surface area contributed by atoms with Crippen molar-refractivity contribution in [2.45, 2.75) is 26.3 Å². The van der Waals surface area contributed by atoms with Crippen LogP contribution in [0.25, 0.3) is 10.8 Å². The lowest BCUT2D eigenvalue weighted by Gasteiger charge is -2.20. The topological polar surface area (TPSA) is 47.6 Å². The average molecular weight is 287 g/mol. The van der Waals surface area contributed by atoms with Gasteiger partial charge in [0.05, 0.1) is 7.11 Å². The molecule has 0 aliphatic rings. The molecular formula is C17H21NO3. The van der Waals surface area contributed by atoms with E-state index in [4.69, 9.17) is 9.47 Å². The molecule has 1 amide bonds. The third-order valence-corrected chi connectivity index (χ3v) is 2.90. The molecule has 1 N–H and O–H groups in total. The predicted molar refractivity (Wildman–Crippen MR) is 83.9 cm³/mol. The summed E-state index contributed by atoms with van der Waals surface area (Å²) in [5, 5.41) is 4.98. The Hall–Kier alpha value is -2.23. The zero-order valence-corrected chi connectivity index (χ0v) is 12.9. The SMILES string of the molecule is COc1ccc2ccc(OCC(=O)NC(C)(C)C)cc2c1. The average Bonchev–Trinajstić information content (AvgIpc) is 2.42. The van der Waals surface area contributed by atoms with E-state index in [9.17, 15) is 4.79 Å². The van der Waals surface area contributed by atoms with Crippen LogP contribution in [0.5, 0.6) is 11.5 Å². The van der Waals surface area contributed by atoms with Crippen LogP contribution in [0.4, 0.5) is 0 Å². The third kappa shape index (κ3) is 4.38. The predicted octanol–water partition coefficient (Wildman–Crippen LogP) is 3.14. The molecule has 112 valence electrons. The number of benzene rings is 2. The molecule has 0 aliphatic carbocycles. The molecule has 21 heavy (non-hydrogen) atoms. The number of carbonyl (C=O) groups is 1. The summed E-state index contributed by atoms with van der Waals surface area (Å²) in [6, 6.07) is 11.6. The van der Waals surface area contributed by atoms with Crippen LogP contribution in [0.1, 0.15) is 20.8 Å². The van der Waals surface area contributed by atoms with Gasteiger partial charge in [-0.3, -0.25) is 4.79 Å². The molecule has 0 aromatic heterocycles. The largest absolute Gasteiger partial charge is 0.497 e. The molecule has 4 heteroatoms. The van der Waals surface area contributed by atoms with Crippen molar-refractivity contribution in [2.75, 3.05) is 13.7 Å². The number of rotatable bonds is 4. The van der Waals surface area contributed by atoms with Gasteiger partial charge in [-0.05, 0) is 55.8 Å². The van der Waals surface area contributed by atoms with Crippen molar-refractivity contribution in [1.29, 1.82) is 0 Å². The highest BCUT2D eigenvalue weighted by atomic mass is 16.5. The van der Waals surface area contributed by atoms with E-state index < -0.39 is 0 Å². The molecule has 0 unspecified atom stereocenters. The minimum Gasteiger partial charge on any atom is -0.497 e. The first kappa shape index (κ1) is 15.2. The highest BCUT2D eigenvalue weighted by Crippen LogP contribution is 2.24. The second-order valence-electron chi connectivity index (χ2n) is 5.96. The summed E-state index contributed by atoms with van der Waals surface area (Å²) in [7, 11) is 1.64. The smallest absolute Gasteiger partial charge is 0.258 e. The fraction of sp³-hybridized carbons (Fsp3) is 0.353. The molecule has 4 nitrogen and oxygen atoms in total. The summed E-state index contributed by atoms with van der Waals surface area (Å²) in [6.07, 6.45) is 0. The van der Waals surface area contributed by atoms with Gasteiger partial charge in [-0.25, -0.2) is 0 Å². The Bertz CT molecular complexity index is 644. The quantitative estimate of drug-likeness (QED) is 0.939. The van der Waals surface area contributed by atoms with Crippen LogP contribution in [0.2, 0.25) is 0 Å². The summed E-state index contributed by atoms with van der Waals surface area (Å²) >= 11 is 0. The Kier molecular flexibility index (Phi) is 4.36. The summed E-state index contributed by atoms with van der Waals surface area (Å²) in [5.41, 5.74) is -0.253. The third-order valence-electron chi connectivity index (χ3n) is 2.90. The van der Waals surface area contributed by atoms with Crippen LogP contribution in [0.3, 0.4) is 0 Å². The Morgan fingerprint density at radius 3 is 2.29 bits per heavy atom. The molecule has 0 saturated carbocycles. The van der Waals surface area contributed by atoms with E-state index in [1.165, 1.54) is 0 Å². The van der Waals surface area contributed by atoms with Crippen LogP contribution in [-0.4, -0.2) is 25.2 Å². The first-order valence-electron chi connectivity index (χ1n) is 6.89. The van der Waals surface area contributed by atoms with Gasteiger partial charge in [0.25, 0.3) is 5.91 Å². The lowest BCUT2D eigenvalue weighted by Crippen LogP contribution is -2.43. The van der Waals surface area contributed by atoms with Crippen molar-refractivity contribution < 1.29 is 14.3 Å². The molecule has 2 aromatic carbocycles. The molecule has 0 spiro atoms. The highest BCUT2D eigenvalue weighted by Gasteiger charge is 2.13. The summed E-state index contributed by atoms with van der Waals surface area (Å²) in [6.45, 7) is 5.82.